The summed E-state index contributed by atoms with van der Waals surface area (Å²) in [6.07, 6.45) is 1.00. The predicted octanol–water partition coefficient (Wildman–Crippen LogP) is 1.63. The van der Waals surface area contributed by atoms with Gasteiger partial charge in [-0.3, -0.25) is 9.69 Å². The van der Waals surface area contributed by atoms with Crippen molar-refractivity contribution in [1.82, 2.24) is 10.2 Å². The van der Waals surface area contributed by atoms with Crippen LogP contribution in [0.25, 0.3) is 0 Å². The van der Waals surface area contributed by atoms with Gasteiger partial charge in [-0.1, -0.05) is 19.1 Å². The van der Waals surface area contributed by atoms with Gasteiger partial charge in [0.15, 0.2) is 0 Å². The third kappa shape index (κ3) is 7.11. The van der Waals surface area contributed by atoms with Crippen LogP contribution in [0, 0.1) is 0 Å². The van der Waals surface area contributed by atoms with Crippen LogP contribution in [0.15, 0.2) is 24.3 Å². The third-order valence-electron chi connectivity index (χ3n) is 3.09. The van der Waals surface area contributed by atoms with E-state index in [9.17, 15) is 4.79 Å². The van der Waals surface area contributed by atoms with E-state index in [1.54, 1.807) is 7.11 Å². The van der Waals surface area contributed by atoms with Gasteiger partial charge in [0.05, 0.1) is 13.2 Å². The maximum absolute atomic E-state index is 12.0. The van der Waals surface area contributed by atoms with Gasteiger partial charge < -0.3 is 15.8 Å². The fraction of sp³-hybridized carbons (Fsp3) is 0.562. The molecule has 1 unspecified atom stereocenters. The Bertz CT molecular complexity index is 437. The molecule has 1 aromatic carbocycles. The first-order valence-electron chi connectivity index (χ1n) is 7.40. The smallest absolute Gasteiger partial charge is 0.234 e. The Balaban J connectivity index is 2.54. The van der Waals surface area contributed by atoms with Crippen molar-refractivity contribution in [3.8, 4) is 0 Å². The summed E-state index contributed by atoms with van der Waals surface area (Å²) in [6.45, 7) is 6.55. The average Bonchev–Trinajstić information content (AvgIpc) is 2.38. The van der Waals surface area contributed by atoms with Gasteiger partial charge in [-0.25, -0.2) is 0 Å². The lowest BCUT2D eigenvalue weighted by Gasteiger charge is -2.22. The van der Waals surface area contributed by atoms with E-state index < -0.39 is 0 Å². The lowest BCUT2D eigenvalue weighted by Crippen LogP contribution is -2.42. The second-order valence-electron chi connectivity index (χ2n) is 5.38. The maximum Gasteiger partial charge on any atom is 0.234 e. The molecule has 0 saturated heterocycles. The van der Waals surface area contributed by atoms with E-state index in [1.165, 1.54) is 0 Å². The van der Waals surface area contributed by atoms with Crippen LogP contribution in [0.1, 0.15) is 25.8 Å². The molecular formula is C16H27N3O2. The van der Waals surface area contributed by atoms with Gasteiger partial charge in [0.2, 0.25) is 5.91 Å². The van der Waals surface area contributed by atoms with Gasteiger partial charge in [0.25, 0.3) is 0 Å². The first kappa shape index (κ1) is 17.5. The second kappa shape index (κ2) is 9.37. The maximum atomic E-state index is 12.0. The summed E-state index contributed by atoms with van der Waals surface area (Å²) in [6, 6.07) is 7.82. The van der Waals surface area contributed by atoms with E-state index in [0.717, 1.165) is 30.8 Å². The summed E-state index contributed by atoms with van der Waals surface area (Å²) >= 11 is 0. The average molecular weight is 293 g/mol. The molecule has 0 aromatic heterocycles. The summed E-state index contributed by atoms with van der Waals surface area (Å²) in [7, 11) is 1.63. The first-order valence-corrected chi connectivity index (χ1v) is 7.40. The van der Waals surface area contributed by atoms with Gasteiger partial charge in [0.1, 0.15) is 0 Å². The number of ether oxygens (including phenoxy) is 1. The van der Waals surface area contributed by atoms with Gasteiger partial charge in [0, 0.05) is 25.4 Å². The first-order chi connectivity index (χ1) is 10.0. The molecule has 1 aromatic rings. The Hall–Kier alpha value is -1.59. The van der Waals surface area contributed by atoms with Crippen LogP contribution >= 0.6 is 0 Å². The molecule has 1 rings (SSSR count). The molecule has 0 aliphatic rings. The fourth-order valence-corrected chi connectivity index (χ4v) is 2.30. The van der Waals surface area contributed by atoms with Crippen LogP contribution < -0.4 is 11.1 Å². The number of carbonyl (C=O) groups excluding carboxylic acids is 1. The van der Waals surface area contributed by atoms with Crippen LogP contribution in [0.3, 0.4) is 0 Å². The van der Waals surface area contributed by atoms with Gasteiger partial charge in [-0.05, 0) is 37.6 Å². The van der Waals surface area contributed by atoms with Crippen molar-refractivity contribution in [1.29, 1.82) is 0 Å². The highest BCUT2D eigenvalue weighted by Crippen LogP contribution is 2.09. The van der Waals surface area contributed by atoms with Crippen molar-refractivity contribution >= 4 is 11.6 Å². The number of nitrogens with two attached hydrogens (primary N) is 1. The normalized spacial score (nSPS) is 12.4. The zero-order chi connectivity index (χ0) is 15.7. The van der Waals surface area contributed by atoms with Gasteiger partial charge in [-0.15, -0.1) is 0 Å². The lowest BCUT2D eigenvalue weighted by molar-refractivity contribution is -0.123. The quantitative estimate of drug-likeness (QED) is 0.679. The number of nitrogen functional groups attached to an aromatic ring is 1. The van der Waals surface area contributed by atoms with Crippen LogP contribution in [-0.2, 0) is 16.1 Å². The Labute approximate surface area is 127 Å². The molecule has 1 amide bonds. The molecule has 118 valence electrons. The van der Waals surface area contributed by atoms with Crippen molar-refractivity contribution in [2.24, 2.45) is 0 Å². The summed E-state index contributed by atoms with van der Waals surface area (Å²) in [4.78, 5) is 14.2. The van der Waals surface area contributed by atoms with Crippen molar-refractivity contribution in [3.63, 3.8) is 0 Å². The topological polar surface area (TPSA) is 67.6 Å². The fourth-order valence-electron chi connectivity index (χ4n) is 2.30. The highest BCUT2D eigenvalue weighted by Gasteiger charge is 2.13. The molecule has 5 nitrogen and oxygen atoms in total. The summed E-state index contributed by atoms with van der Waals surface area (Å²) < 4.78 is 5.02. The van der Waals surface area contributed by atoms with E-state index >= 15 is 0 Å². The second-order valence-corrected chi connectivity index (χ2v) is 5.38. The number of nitrogens with zero attached hydrogens (tertiary/aromatic N) is 1. The molecule has 0 fully saturated rings. The summed E-state index contributed by atoms with van der Waals surface area (Å²) in [5.74, 6) is 0.0249. The highest BCUT2D eigenvalue weighted by atomic mass is 16.5. The van der Waals surface area contributed by atoms with Crippen molar-refractivity contribution in [3.05, 3.63) is 29.8 Å². The van der Waals surface area contributed by atoms with Gasteiger partial charge >= 0.3 is 0 Å². The number of methoxy groups -OCH3 is 1. The Kier molecular flexibility index (Phi) is 7.79. The van der Waals surface area contributed by atoms with E-state index in [2.05, 4.69) is 17.1 Å². The highest BCUT2D eigenvalue weighted by molar-refractivity contribution is 5.78. The van der Waals surface area contributed by atoms with Crippen LogP contribution in [0.5, 0.6) is 0 Å². The molecule has 0 aliphatic heterocycles. The van der Waals surface area contributed by atoms with Crippen molar-refractivity contribution in [2.75, 3.05) is 32.5 Å². The predicted molar refractivity (Wildman–Crippen MR) is 85.9 cm³/mol. The zero-order valence-corrected chi connectivity index (χ0v) is 13.3. The number of rotatable bonds is 9. The molecule has 3 N–H and O–H groups in total. The molecule has 0 aliphatic carbocycles. The van der Waals surface area contributed by atoms with E-state index in [4.69, 9.17) is 10.5 Å². The standard InChI is InChI=1S/C16H27N3O2/c1-4-8-19(10-14-6-5-7-15(17)9-14)11-16(20)18-13(2)12-21-3/h5-7,9,13H,4,8,10-12,17H2,1-3H3,(H,18,20). The third-order valence-corrected chi connectivity index (χ3v) is 3.09. The van der Waals surface area contributed by atoms with Crippen molar-refractivity contribution < 1.29 is 9.53 Å². The van der Waals surface area contributed by atoms with E-state index in [0.29, 0.717) is 13.2 Å². The van der Waals surface area contributed by atoms with Gasteiger partial charge in [-0.2, -0.15) is 0 Å². The Morgan fingerprint density at radius 3 is 2.86 bits per heavy atom. The number of amides is 1. The molecule has 0 spiro atoms. The number of hydrogen-bond donors (Lipinski definition) is 2. The minimum Gasteiger partial charge on any atom is -0.399 e. The SMILES string of the molecule is CCCN(CC(=O)NC(C)COC)Cc1cccc(N)c1. The van der Waals surface area contributed by atoms with E-state index in [1.807, 2.05) is 31.2 Å². The Morgan fingerprint density at radius 1 is 1.48 bits per heavy atom. The summed E-state index contributed by atoms with van der Waals surface area (Å²) in [5, 5.41) is 2.94. The molecule has 0 bridgehead atoms. The minimum absolute atomic E-state index is 0.0249. The molecule has 21 heavy (non-hydrogen) atoms. The molecule has 0 saturated carbocycles. The van der Waals surface area contributed by atoms with E-state index in [-0.39, 0.29) is 11.9 Å². The monoisotopic (exact) mass is 293 g/mol. The van der Waals surface area contributed by atoms with Crippen molar-refractivity contribution in [2.45, 2.75) is 32.9 Å². The number of carbonyl (C=O) groups is 1. The molecule has 0 heterocycles. The summed E-state index contributed by atoms with van der Waals surface area (Å²) in [5.41, 5.74) is 7.68. The molecule has 1 atom stereocenters. The number of benzene rings is 1. The largest absolute Gasteiger partial charge is 0.399 e. The number of hydrogen-bond acceptors (Lipinski definition) is 4. The molecular weight excluding hydrogens is 266 g/mol. The zero-order valence-electron chi connectivity index (χ0n) is 13.3. The lowest BCUT2D eigenvalue weighted by atomic mass is 10.2. The number of anilines is 1. The van der Waals surface area contributed by atoms with Crippen LogP contribution in [-0.4, -0.2) is 43.7 Å². The number of nitrogens with one attached hydrogen (secondary N) is 1. The van der Waals surface area contributed by atoms with Crippen LogP contribution in [0.4, 0.5) is 5.69 Å². The van der Waals surface area contributed by atoms with Crippen LogP contribution in [0.2, 0.25) is 0 Å². The molecule has 0 radical (unpaired) electrons. The molecule has 5 heteroatoms. The minimum atomic E-state index is 0.0249. The Morgan fingerprint density at radius 2 is 2.24 bits per heavy atom.